The SMILES string of the molecule is CSCCC(NC(=O)C(CC(N)=O)NC(=O)C1CCCN1C(=O)C(N)Cc1ccc(O)cc1)C(=O)O. The van der Waals surface area contributed by atoms with Crippen molar-refractivity contribution in [3.63, 3.8) is 0 Å². The van der Waals surface area contributed by atoms with E-state index in [1.807, 2.05) is 0 Å². The molecular weight excluding hydrogens is 490 g/mol. The van der Waals surface area contributed by atoms with E-state index in [9.17, 15) is 34.2 Å². The summed E-state index contributed by atoms with van der Waals surface area (Å²) in [6, 6.07) is 1.84. The quantitative estimate of drug-likeness (QED) is 0.186. The molecule has 4 amide bonds. The number of phenolic OH excluding ortho intramolecular Hbond substituents is 1. The number of carboxylic acids is 1. The van der Waals surface area contributed by atoms with Gasteiger partial charge in [0.25, 0.3) is 0 Å². The Morgan fingerprint density at radius 1 is 1.14 bits per heavy atom. The van der Waals surface area contributed by atoms with E-state index in [2.05, 4.69) is 10.6 Å². The Hall–Kier alpha value is -3.32. The molecule has 1 aliphatic rings. The van der Waals surface area contributed by atoms with E-state index in [0.717, 1.165) is 5.56 Å². The number of nitrogens with one attached hydrogen (secondary N) is 2. The van der Waals surface area contributed by atoms with Crippen LogP contribution in [0.5, 0.6) is 5.75 Å². The number of hydrogen-bond acceptors (Lipinski definition) is 8. The maximum atomic E-state index is 13.0. The number of amides is 4. The number of aromatic hydroxyl groups is 1. The molecule has 1 saturated heterocycles. The fourth-order valence-electron chi connectivity index (χ4n) is 3.93. The van der Waals surface area contributed by atoms with Gasteiger partial charge in [0.15, 0.2) is 0 Å². The molecule has 4 unspecified atom stereocenters. The zero-order valence-electron chi connectivity index (χ0n) is 20.0. The molecule has 1 fully saturated rings. The standard InChI is InChI=1S/C23H33N5O7S/c1-36-10-8-16(23(34)35)26-20(31)17(12-19(25)30)27-21(32)18-3-2-9-28(18)22(33)15(24)11-13-4-6-14(29)7-5-13/h4-7,15-18,29H,2-3,8-12,24H2,1H3,(H2,25,30)(H,26,31)(H,27,32)(H,34,35). The molecule has 0 bridgehead atoms. The van der Waals surface area contributed by atoms with E-state index in [0.29, 0.717) is 25.1 Å². The summed E-state index contributed by atoms with van der Waals surface area (Å²) >= 11 is 1.41. The minimum Gasteiger partial charge on any atom is -0.508 e. The normalized spacial score (nSPS) is 17.6. The smallest absolute Gasteiger partial charge is 0.326 e. The van der Waals surface area contributed by atoms with Crippen LogP contribution in [0.25, 0.3) is 0 Å². The summed E-state index contributed by atoms with van der Waals surface area (Å²) in [4.78, 5) is 63.1. The van der Waals surface area contributed by atoms with Crippen molar-refractivity contribution >= 4 is 41.4 Å². The molecule has 12 nitrogen and oxygen atoms in total. The lowest BCUT2D eigenvalue weighted by molar-refractivity contribution is -0.143. The Balaban J connectivity index is 2.07. The number of carbonyl (C=O) groups is 5. The summed E-state index contributed by atoms with van der Waals surface area (Å²) in [6.45, 7) is 0.294. The molecule has 1 aromatic rings. The molecule has 0 aliphatic carbocycles. The van der Waals surface area contributed by atoms with Gasteiger partial charge in [-0.3, -0.25) is 19.2 Å². The highest BCUT2D eigenvalue weighted by atomic mass is 32.2. The largest absolute Gasteiger partial charge is 0.508 e. The van der Waals surface area contributed by atoms with Crippen LogP contribution in [0.1, 0.15) is 31.2 Å². The molecule has 13 heteroatoms. The van der Waals surface area contributed by atoms with Gasteiger partial charge >= 0.3 is 5.97 Å². The van der Waals surface area contributed by atoms with Gasteiger partial charge in [-0.05, 0) is 55.4 Å². The van der Waals surface area contributed by atoms with Gasteiger partial charge in [0.1, 0.15) is 23.9 Å². The first-order valence-electron chi connectivity index (χ1n) is 11.5. The van der Waals surface area contributed by atoms with Gasteiger partial charge in [-0.15, -0.1) is 0 Å². The van der Waals surface area contributed by atoms with E-state index in [1.165, 1.54) is 28.8 Å². The Morgan fingerprint density at radius 2 is 1.81 bits per heavy atom. The van der Waals surface area contributed by atoms with Crippen LogP contribution in [0.3, 0.4) is 0 Å². The fourth-order valence-corrected chi connectivity index (χ4v) is 4.40. The zero-order valence-corrected chi connectivity index (χ0v) is 20.8. The number of phenols is 1. The lowest BCUT2D eigenvalue weighted by Crippen LogP contribution is -2.57. The summed E-state index contributed by atoms with van der Waals surface area (Å²) < 4.78 is 0. The van der Waals surface area contributed by atoms with Crippen molar-refractivity contribution in [2.45, 2.75) is 56.3 Å². The third-order valence-electron chi connectivity index (χ3n) is 5.81. The number of nitrogens with zero attached hydrogens (tertiary/aromatic N) is 1. The molecule has 1 heterocycles. The average molecular weight is 524 g/mol. The number of carbonyl (C=O) groups excluding carboxylic acids is 4. The molecule has 0 radical (unpaired) electrons. The summed E-state index contributed by atoms with van der Waals surface area (Å²) in [5.41, 5.74) is 12.1. The molecule has 198 valence electrons. The monoisotopic (exact) mass is 523 g/mol. The molecule has 0 spiro atoms. The lowest BCUT2D eigenvalue weighted by atomic mass is 10.0. The van der Waals surface area contributed by atoms with E-state index >= 15 is 0 Å². The number of hydrogen-bond donors (Lipinski definition) is 6. The number of primary amides is 1. The number of nitrogens with two attached hydrogens (primary N) is 2. The van der Waals surface area contributed by atoms with Crippen molar-refractivity contribution < 1.29 is 34.2 Å². The molecule has 36 heavy (non-hydrogen) atoms. The number of aliphatic carboxylic acids is 1. The molecular formula is C23H33N5O7S. The predicted octanol–water partition coefficient (Wildman–Crippen LogP) is -1.06. The summed E-state index contributed by atoms with van der Waals surface area (Å²) in [7, 11) is 0. The Morgan fingerprint density at radius 3 is 2.39 bits per heavy atom. The first-order chi connectivity index (χ1) is 17.0. The highest BCUT2D eigenvalue weighted by Crippen LogP contribution is 2.20. The number of likely N-dealkylation sites (tertiary alicyclic amines) is 1. The Kier molecular flexibility index (Phi) is 11.0. The van der Waals surface area contributed by atoms with E-state index in [4.69, 9.17) is 11.5 Å². The number of carboxylic acid groups (broad SMARTS) is 1. The summed E-state index contributed by atoms with van der Waals surface area (Å²) in [6.07, 6.45) is 2.49. The Bertz CT molecular complexity index is 959. The van der Waals surface area contributed by atoms with Gasteiger partial charge in [-0.1, -0.05) is 12.1 Å². The number of thioether (sulfide) groups is 1. The molecule has 1 aliphatic heterocycles. The highest BCUT2D eigenvalue weighted by Gasteiger charge is 2.38. The van der Waals surface area contributed by atoms with Gasteiger partial charge < -0.3 is 37.2 Å². The van der Waals surface area contributed by atoms with Gasteiger partial charge in [0.05, 0.1) is 12.5 Å². The van der Waals surface area contributed by atoms with Crippen molar-refractivity contribution in [2.75, 3.05) is 18.6 Å². The number of benzene rings is 1. The minimum atomic E-state index is -1.39. The topological polar surface area (TPSA) is 205 Å². The van der Waals surface area contributed by atoms with Crippen LogP contribution in [-0.2, 0) is 30.4 Å². The highest BCUT2D eigenvalue weighted by molar-refractivity contribution is 7.98. The lowest BCUT2D eigenvalue weighted by Gasteiger charge is -2.28. The van der Waals surface area contributed by atoms with Crippen LogP contribution in [0.2, 0.25) is 0 Å². The first-order valence-corrected chi connectivity index (χ1v) is 12.9. The van der Waals surface area contributed by atoms with E-state index in [-0.39, 0.29) is 18.6 Å². The van der Waals surface area contributed by atoms with E-state index in [1.54, 1.807) is 18.4 Å². The first kappa shape index (κ1) is 28.9. The van der Waals surface area contributed by atoms with Crippen molar-refractivity contribution in [1.29, 1.82) is 0 Å². The van der Waals surface area contributed by atoms with Crippen molar-refractivity contribution in [2.24, 2.45) is 11.5 Å². The van der Waals surface area contributed by atoms with Crippen LogP contribution in [0, 0.1) is 0 Å². The van der Waals surface area contributed by atoms with Crippen LogP contribution in [0.15, 0.2) is 24.3 Å². The zero-order chi connectivity index (χ0) is 26.8. The van der Waals surface area contributed by atoms with Crippen LogP contribution in [0.4, 0.5) is 0 Å². The summed E-state index contributed by atoms with van der Waals surface area (Å²) in [5, 5.41) is 23.6. The second-order valence-electron chi connectivity index (χ2n) is 8.58. The van der Waals surface area contributed by atoms with Crippen molar-refractivity contribution in [3.8, 4) is 5.75 Å². The minimum absolute atomic E-state index is 0.0865. The average Bonchev–Trinajstić information content (AvgIpc) is 3.31. The predicted molar refractivity (Wildman–Crippen MR) is 133 cm³/mol. The van der Waals surface area contributed by atoms with Crippen molar-refractivity contribution in [1.82, 2.24) is 15.5 Å². The third-order valence-corrected chi connectivity index (χ3v) is 6.46. The fraction of sp³-hybridized carbons (Fsp3) is 0.522. The van der Waals surface area contributed by atoms with Gasteiger partial charge in [0, 0.05) is 6.54 Å². The molecule has 0 saturated carbocycles. The maximum absolute atomic E-state index is 13.0. The van der Waals surface area contributed by atoms with E-state index < -0.39 is 60.2 Å². The van der Waals surface area contributed by atoms with Crippen molar-refractivity contribution in [3.05, 3.63) is 29.8 Å². The molecule has 1 aromatic carbocycles. The molecule has 4 atom stereocenters. The number of rotatable bonds is 13. The third kappa shape index (κ3) is 8.41. The molecule has 0 aromatic heterocycles. The van der Waals surface area contributed by atoms with Gasteiger partial charge in [-0.25, -0.2) is 4.79 Å². The van der Waals surface area contributed by atoms with Gasteiger partial charge in [0.2, 0.25) is 23.6 Å². The Labute approximate surface area is 213 Å². The molecule has 2 rings (SSSR count). The van der Waals surface area contributed by atoms with Crippen LogP contribution in [-0.4, -0.2) is 87.4 Å². The second kappa shape index (κ2) is 13.7. The van der Waals surface area contributed by atoms with Crippen LogP contribution >= 0.6 is 11.8 Å². The summed E-state index contributed by atoms with van der Waals surface area (Å²) in [5.74, 6) is -3.49. The maximum Gasteiger partial charge on any atom is 0.326 e. The van der Waals surface area contributed by atoms with Crippen LogP contribution < -0.4 is 22.1 Å². The molecule has 8 N–H and O–H groups in total. The van der Waals surface area contributed by atoms with Gasteiger partial charge in [-0.2, -0.15) is 11.8 Å². The second-order valence-corrected chi connectivity index (χ2v) is 9.56.